The van der Waals surface area contributed by atoms with E-state index in [1.54, 1.807) is 0 Å². The third kappa shape index (κ3) is 8.77. The SMILES string of the molecule is CCNC(=NCCC(=O)NC1CCCCC1)NC1CCN(C(=O)C2CCCCC2)C1.I. The number of rotatable bonds is 7. The van der Waals surface area contributed by atoms with Gasteiger partial charge in [-0.3, -0.25) is 14.6 Å². The Morgan fingerprint density at radius 1 is 0.903 bits per heavy atom. The number of carbonyl (C=O) groups excluding carboxylic acids is 2. The van der Waals surface area contributed by atoms with Gasteiger partial charge in [-0.25, -0.2) is 0 Å². The van der Waals surface area contributed by atoms with Gasteiger partial charge in [0.15, 0.2) is 5.96 Å². The van der Waals surface area contributed by atoms with Crippen LogP contribution in [0.4, 0.5) is 0 Å². The number of nitrogens with zero attached hydrogens (tertiary/aromatic N) is 2. The van der Waals surface area contributed by atoms with Crippen molar-refractivity contribution in [3.8, 4) is 0 Å². The summed E-state index contributed by atoms with van der Waals surface area (Å²) in [5.41, 5.74) is 0. The molecule has 3 N–H and O–H groups in total. The molecule has 0 spiro atoms. The average Bonchev–Trinajstić information content (AvgIpc) is 3.23. The van der Waals surface area contributed by atoms with Gasteiger partial charge >= 0.3 is 0 Å². The minimum absolute atomic E-state index is 0. The fraction of sp³-hybridized carbons (Fsp3) is 0.870. The van der Waals surface area contributed by atoms with E-state index in [0.717, 1.165) is 57.7 Å². The summed E-state index contributed by atoms with van der Waals surface area (Å²) in [6.45, 7) is 4.88. The molecular weight excluding hydrogens is 505 g/mol. The van der Waals surface area contributed by atoms with E-state index in [0.29, 0.717) is 24.9 Å². The Kier molecular flexibility index (Phi) is 12.0. The van der Waals surface area contributed by atoms with Crippen LogP contribution < -0.4 is 16.0 Å². The highest BCUT2D eigenvalue weighted by Crippen LogP contribution is 2.26. The molecule has 2 aliphatic carbocycles. The summed E-state index contributed by atoms with van der Waals surface area (Å²) < 4.78 is 0. The lowest BCUT2D eigenvalue weighted by molar-refractivity contribution is -0.135. The Morgan fingerprint density at radius 3 is 2.26 bits per heavy atom. The molecule has 3 aliphatic rings. The van der Waals surface area contributed by atoms with Crippen LogP contribution in [0.5, 0.6) is 0 Å². The highest BCUT2D eigenvalue weighted by atomic mass is 127. The second kappa shape index (κ2) is 14.2. The summed E-state index contributed by atoms with van der Waals surface area (Å²) >= 11 is 0. The predicted molar refractivity (Wildman–Crippen MR) is 136 cm³/mol. The molecular formula is C23H42IN5O2. The minimum Gasteiger partial charge on any atom is -0.357 e. The zero-order valence-electron chi connectivity index (χ0n) is 19.2. The van der Waals surface area contributed by atoms with E-state index >= 15 is 0 Å². The van der Waals surface area contributed by atoms with Crippen molar-refractivity contribution in [3.63, 3.8) is 0 Å². The molecule has 3 fully saturated rings. The lowest BCUT2D eigenvalue weighted by Crippen LogP contribution is -2.45. The maximum Gasteiger partial charge on any atom is 0.225 e. The highest BCUT2D eigenvalue weighted by Gasteiger charge is 2.31. The van der Waals surface area contributed by atoms with Crippen molar-refractivity contribution in [2.24, 2.45) is 10.9 Å². The first-order valence-corrected chi connectivity index (χ1v) is 12.3. The van der Waals surface area contributed by atoms with Crippen LogP contribution in [0.3, 0.4) is 0 Å². The van der Waals surface area contributed by atoms with Gasteiger partial charge in [-0.15, -0.1) is 24.0 Å². The zero-order chi connectivity index (χ0) is 21.2. The summed E-state index contributed by atoms with van der Waals surface area (Å²) in [4.78, 5) is 31.6. The van der Waals surface area contributed by atoms with Crippen LogP contribution in [0.1, 0.15) is 84.0 Å². The Bertz CT molecular complexity index is 589. The average molecular weight is 548 g/mol. The van der Waals surface area contributed by atoms with Crippen LogP contribution in [-0.4, -0.2) is 60.9 Å². The number of guanidine groups is 1. The summed E-state index contributed by atoms with van der Waals surface area (Å²) in [6.07, 6.45) is 13.1. The number of nitrogens with one attached hydrogen (secondary N) is 3. The van der Waals surface area contributed by atoms with Crippen LogP contribution in [0.2, 0.25) is 0 Å². The van der Waals surface area contributed by atoms with E-state index in [-0.39, 0.29) is 41.8 Å². The van der Waals surface area contributed by atoms with Gasteiger partial charge in [0, 0.05) is 44.1 Å². The third-order valence-electron chi connectivity index (χ3n) is 6.72. The number of likely N-dealkylation sites (tertiary alicyclic amines) is 1. The monoisotopic (exact) mass is 547 g/mol. The largest absolute Gasteiger partial charge is 0.357 e. The quantitative estimate of drug-likeness (QED) is 0.260. The molecule has 1 atom stereocenters. The molecule has 31 heavy (non-hydrogen) atoms. The van der Waals surface area contributed by atoms with Crippen LogP contribution >= 0.6 is 24.0 Å². The van der Waals surface area contributed by atoms with Gasteiger partial charge in [0.25, 0.3) is 0 Å². The number of halogens is 1. The molecule has 0 radical (unpaired) electrons. The van der Waals surface area contributed by atoms with Crippen molar-refractivity contribution in [2.75, 3.05) is 26.2 Å². The predicted octanol–water partition coefficient (Wildman–Crippen LogP) is 3.18. The standard InChI is InChI=1S/C23H41N5O2.HI/c1-2-24-23(25-15-13-21(29)26-19-11-7-4-8-12-19)27-20-14-16-28(17-20)22(30)18-9-5-3-6-10-18;/h18-20H,2-17H2,1H3,(H,26,29)(H2,24,25,27);1H. The van der Waals surface area contributed by atoms with E-state index in [9.17, 15) is 9.59 Å². The molecule has 178 valence electrons. The Balaban J connectivity index is 0.00000341. The Morgan fingerprint density at radius 2 is 1.58 bits per heavy atom. The molecule has 0 bridgehead atoms. The summed E-state index contributed by atoms with van der Waals surface area (Å²) in [5.74, 6) is 1.44. The molecule has 3 rings (SSSR count). The van der Waals surface area contributed by atoms with Crippen LogP contribution in [0, 0.1) is 5.92 Å². The molecule has 1 aliphatic heterocycles. The molecule has 1 heterocycles. The molecule has 0 aromatic rings. The highest BCUT2D eigenvalue weighted by molar-refractivity contribution is 14.0. The molecule has 0 aromatic carbocycles. The number of aliphatic imine (C=N–C) groups is 1. The van der Waals surface area contributed by atoms with Gasteiger partial charge in [-0.2, -0.15) is 0 Å². The lowest BCUT2D eigenvalue weighted by Gasteiger charge is -2.26. The molecule has 2 saturated carbocycles. The number of carbonyl (C=O) groups is 2. The molecule has 0 aromatic heterocycles. The van der Waals surface area contributed by atoms with E-state index in [1.807, 2.05) is 11.8 Å². The van der Waals surface area contributed by atoms with Gasteiger partial charge in [0.2, 0.25) is 11.8 Å². The fourth-order valence-electron chi connectivity index (χ4n) is 5.02. The van der Waals surface area contributed by atoms with E-state index in [1.165, 1.54) is 38.5 Å². The van der Waals surface area contributed by atoms with Crippen LogP contribution in [0.15, 0.2) is 4.99 Å². The van der Waals surface area contributed by atoms with Gasteiger partial charge < -0.3 is 20.9 Å². The molecule has 7 nitrogen and oxygen atoms in total. The summed E-state index contributed by atoms with van der Waals surface area (Å²) in [5, 5.41) is 9.90. The zero-order valence-corrected chi connectivity index (χ0v) is 21.5. The van der Waals surface area contributed by atoms with Gasteiger partial charge in [0.1, 0.15) is 0 Å². The molecule has 1 saturated heterocycles. The van der Waals surface area contributed by atoms with Gasteiger partial charge in [-0.05, 0) is 39.0 Å². The number of amides is 2. The third-order valence-corrected chi connectivity index (χ3v) is 6.72. The maximum atomic E-state index is 12.8. The smallest absolute Gasteiger partial charge is 0.225 e. The molecule has 8 heteroatoms. The van der Waals surface area contributed by atoms with E-state index in [2.05, 4.69) is 20.9 Å². The first-order chi connectivity index (χ1) is 14.7. The first kappa shape index (κ1) is 26.2. The van der Waals surface area contributed by atoms with Gasteiger partial charge in [-0.1, -0.05) is 38.5 Å². The van der Waals surface area contributed by atoms with Crippen molar-refractivity contribution < 1.29 is 9.59 Å². The Hall–Kier alpha value is -1.06. The van der Waals surface area contributed by atoms with Gasteiger partial charge in [0.05, 0.1) is 6.54 Å². The second-order valence-electron chi connectivity index (χ2n) is 9.16. The summed E-state index contributed by atoms with van der Waals surface area (Å²) in [7, 11) is 0. The normalized spacial score (nSPS) is 23.2. The van der Waals surface area contributed by atoms with Crippen molar-refractivity contribution in [1.82, 2.24) is 20.9 Å². The molecule has 1 unspecified atom stereocenters. The van der Waals surface area contributed by atoms with Crippen molar-refractivity contribution in [3.05, 3.63) is 0 Å². The number of hydrogen-bond donors (Lipinski definition) is 3. The fourth-order valence-corrected chi connectivity index (χ4v) is 5.02. The maximum absolute atomic E-state index is 12.8. The second-order valence-corrected chi connectivity index (χ2v) is 9.16. The first-order valence-electron chi connectivity index (χ1n) is 12.3. The molecule has 2 amide bonds. The summed E-state index contributed by atoms with van der Waals surface area (Å²) in [6, 6.07) is 0.583. The minimum atomic E-state index is 0. The van der Waals surface area contributed by atoms with E-state index in [4.69, 9.17) is 0 Å². The lowest BCUT2D eigenvalue weighted by atomic mass is 9.88. The van der Waals surface area contributed by atoms with E-state index < -0.39 is 0 Å². The van der Waals surface area contributed by atoms with Crippen molar-refractivity contribution in [1.29, 1.82) is 0 Å². The van der Waals surface area contributed by atoms with Crippen molar-refractivity contribution >= 4 is 41.8 Å². The van der Waals surface area contributed by atoms with Crippen LogP contribution in [-0.2, 0) is 9.59 Å². The Labute approximate surface area is 205 Å². The van der Waals surface area contributed by atoms with Crippen LogP contribution in [0.25, 0.3) is 0 Å². The van der Waals surface area contributed by atoms with Crippen molar-refractivity contribution in [2.45, 2.75) is 96.1 Å². The number of hydrogen-bond acceptors (Lipinski definition) is 3. The topological polar surface area (TPSA) is 85.8 Å².